The average molecular weight is 523 g/mol. The number of carbonyl (C=O) groups excluding carboxylic acids is 2. The molecular formula is C34H34O5. The van der Waals surface area contributed by atoms with E-state index in [-0.39, 0.29) is 12.6 Å². The van der Waals surface area contributed by atoms with Crippen LogP contribution in [0.1, 0.15) is 54.9 Å². The summed E-state index contributed by atoms with van der Waals surface area (Å²) in [4.78, 5) is 25.0. The number of ether oxygens (including phenoxy) is 3. The minimum Gasteiger partial charge on any atom is -0.494 e. The summed E-state index contributed by atoms with van der Waals surface area (Å²) >= 11 is 0. The molecule has 0 aliphatic heterocycles. The first-order valence-corrected chi connectivity index (χ1v) is 13.3. The maximum absolute atomic E-state index is 12.8. The fourth-order valence-corrected chi connectivity index (χ4v) is 4.23. The van der Waals surface area contributed by atoms with E-state index in [0.717, 1.165) is 46.2 Å². The van der Waals surface area contributed by atoms with E-state index in [1.165, 1.54) is 12.8 Å². The van der Waals surface area contributed by atoms with Crippen LogP contribution in [0.15, 0.2) is 97.6 Å². The van der Waals surface area contributed by atoms with Crippen LogP contribution in [0, 0.1) is 0 Å². The molecule has 39 heavy (non-hydrogen) atoms. The van der Waals surface area contributed by atoms with Crippen molar-refractivity contribution in [3.8, 4) is 22.6 Å². The highest BCUT2D eigenvalue weighted by atomic mass is 16.5. The van der Waals surface area contributed by atoms with E-state index in [4.69, 9.17) is 14.2 Å². The minimum absolute atomic E-state index is 0.190. The molecule has 200 valence electrons. The summed E-state index contributed by atoms with van der Waals surface area (Å²) < 4.78 is 16.6. The van der Waals surface area contributed by atoms with E-state index in [9.17, 15) is 9.59 Å². The summed E-state index contributed by atoms with van der Waals surface area (Å²) in [5.41, 5.74) is 3.38. The van der Waals surface area contributed by atoms with Gasteiger partial charge in [0.1, 0.15) is 18.1 Å². The van der Waals surface area contributed by atoms with Gasteiger partial charge in [0.25, 0.3) is 0 Å². The van der Waals surface area contributed by atoms with Crippen LogP contribution in [0.25, 0.3) is 21.9 Å². The quantitative estimate of drug-likeness (QED) is 0.0813. The Hall–Kier alpha value is -4.38. The highest BCUT2D eigenvalue weighted by Gasteiger charge is 2.17. The predicted molar refractivity (Wildman–Crippen MR) is 155 cm³/mol. The number of rotatable bonds is 12. The monoisotopic (exact) mass is 522 g/mol. The molecule has 0 saturated heterocycles. The minimum atomic E-state index is -0.424. The van der Waals surface area contributed by atoms with Crippen LogP contribution in [0.3, 0.4) is 0 Å². The maximum atomic E-state index is 12.8. The molecule has 5 nitrogen and oxygen atoms in total. The van der Waals surface area contributed by atoms with Crippen LogP contribution in [0.4, 0.5) is 0 Å². The number of hydrogen-bond acceptors (Lipinski definition) is 5. The summed E-state index contributed by atoms with van der Waals surface area (Å²) in [5.74, 6) is 0.206. The fourth-order valence-electron chi connectivity index (χ4n) is 4.23. The molecule has 0 unspecified atom stereocenters. The van der Waals surface area contributed by atoms with Crippen molar-refractivity contribution < 1.29 is 23.8 Å². The van der Waals surface area contributed by atoms with Gasteiger partial charge in [0, 0.05) is 0 Å². The Labute approximate surface area is 230 Å². The summed E-state index contributed by atoms with van der Waals surface area (Å²) in [5, 5.41) is 1.85. The predicted octanol–water partition coefficient (Wildman–Crippen LogP) is 8.13. The van der Waals surface area contributed by atoms with Crippen molar-refractivity contribution in [3.05, 3.63) is 109 Å². The van der Waals surface area contributed by atoms with Gasteiger partial charge in [0.05, 0.1) is 18.1 Å². The van der Waals surface area contributed by atoms with Crippen molar-refractivity contribution in [2.75, 3.05) is 13.2 Å². The molecule has 0 fully saturated rings. The Bertz CT molecular complexity index is 1420. The zero-order chi connectivity index (χ0) is 27.6. The van der Waals surface area contributed by atoms with Gasteiger partial charge in [0.2, 0.25) is 0 Å². The van der Waals surface area contributed by atoms with Crippen LogP contribution in [-0.2, 0) is 9.53 Å². The van der Waals surface area contributed by atoms with Gasteiger partial charge >= 0.3 is 11.9 Å². The number of carbonyl (C=O) groups is 2. The molecular weight excluding hydrogens is 488 g/mol. The summed E-state index contributed by atoms with van der Waals surface area (Å²) in [6.45, 7) is 8.48. The van der Waals surface area contributed by atoms with E-state index in [1.54, 1.807) is 24.3 Å². The Morgan fingerprint density at radius 2 is 1.46 bits per heavy atom. The van der Waals surface area contributed by atoms with Crippen molar-refractivity contribution >= 4 is 22.7 Å². The number of hydrogen-bond donors (Lipinski definition) is 0. The second-order valence-corrected chi connectivity index (χ2v) is 9.46. The topological polar surface area (TPSA) is 61.8 Å². The lowest BCUT2D eigenvalue weighted by Crippen LogP contribution is -2.13. The fraction of sp³-hybridized carbons (Fsp3) is 0.235. The smallest absolute Gasteiger partial charge is 0.343 e. The van der Waals surface area contributed by atoms with Crippen molar-refractivity contribution in [3.63, 3.8) is 0 Å². The molecule has 0 heterocycles. The molecule has 0 saturated carbocycles. The highest BCUT2D eigenvalue weighted by molar-refractivity contribution is 5.93. The third-order valence-electron chi connectivity index (χ3n) is 6.57. The van der Waals surface area contributed by atoms with Gasteiger partial charge in [-0.3, -0.25) is 4.79 Å². The van der Waals surface area contributed by atoms with E-state index >= 15 is 0 Å². The molecule has 0 aromatic heterocycles. The Morgan fingerprint density at radius 1 is 0.821 bits per heavy atom. The SMILES string of the molecule is C=CCOC(=O)[C@@H](C)c1ccc2cc(OC(=O)c3ccc(-c4ccc(OCCCCC)cc4)cc3)ccc2c1. The normalized spacial score (nSPS) is 11.5. The molecule has 0 aliphatic carbocycles. The average Bonchev–Trinajstić information content (AvgIpc) is 2.98. The van der Waals surface area contributed by atoms with E-state index in [1.807, 2.05) is 73.7 Å². The van der Waals surface area contributed by atoms with Crippen molar-refractivity contribution in [1.82, 2.24) is 0 Å². The second kappa shape index (κ2) is 13.4. The Morgan fingerprint density at radius 3 is 2.15 bits per heavy atom. The van der Waals surface area contributed by atoms with Crippen LogP contribution < -0.4 is 9.47 Å². The number of esters is 2. The molecule has 0 amide bonds. The van der Waals surface area contributed by atoms with Gasteiger partial charge in [-0.2, -0.15) is 0 Å². The largest absolute Gasteiger partial charge is 0.494 e. The molecule has 5 heteroatoms. The molecule has 0 bridgehead atoms. The number of unbranched alkanes of at least 4 members (excludes halogenated alkanes) is 2. The van der Waals surface area contributed by atoms with E-state index in [0.29, 0.717) is 11.3 Å². The first-order chi connectivity index (χ1) is 19.0. The lowest BCUT2D eigenvalue weighted by molar-refractivity contribution is -0.143. The molecule has 0 N–H and O–H groups in total. The zero-order valence-electron chi connectivity index (χ0n) is 22.5. The first-order valence-electron chi connectivity index (χ1n) is 13.3. The zero-order valence-corrected chi connectivity index (χ0v) is 22.5. The van der Waals surface area contributed by atoms with Crippen molar-refractivity contribution in [2.24, 2.45) is 0 Å². The lowest BCUT2D eigenvalue weighted by atomic mass is 9.98. The highest BCUT2D eigenvalue weighted by Crippen LogP contribution is 2.27. The molecule has 0 aliphatic rings. The molecule has 1 atom stereocenters. The summed E-state index contributed by atoms with van der Waals surface area (Å²) in [6.07, 6.45) is 4.95. The van der Waals surface area contributed by atoms with E-state index < -0.39 is 11.9 Å². The molecule has 4 aromatic rings. The van der Waals surface area contributed by atoms with Crippen LogP contribution in [0.5, 0.6) is 11.5 Å². The van der Waals surface area contributed by atoms with Gasteiger partial charge in [-0.1, -0.05) is 81.0 Å². The Balaban J connectivity index is 1.38. The number of fused-ring (bicyclic) bond motifs is 1. The van der Waals surface area contributed by atoms with Crippen LogP contribution >= 0.6 is 0 Å². The molecule has 0 radical (unpaired) electrons. The Kier molecular flexibility index (Phi) is 9.52. The maximum Gasteiger partial charge on any atom is 0.343 e. The standard InChI is InChI=1S/C34H34O5/c1-4-6-7-21-37-31-17-14-26(15-18-31)25-8-10-27(11-9-25)34(36)39-32-19-16-29-22-28(12-13-30(29)23-32)24(3)33(35)38-20-5-2/h5,8-19,22-24H,2,4,6-7,20-21H2,1,3H3/t24-/m0/s1. The van der Waals surface area contributed by atoms with Gasteiger partial charge in [-0.25, -0.2) is 4.79 Å². The van der Waals surface area contributed by atoms with Gasteiger partial charge in [-0.15, -0.1) is 0 Å². The summed E-state index contributed by atoms with van der Waals surface area (Å²) in [7, 11) is 0. The molecule has 4 rings (SSSR count). The van der Waals surface area contributed by atoms with Gasteiger partial charge < -0.3 is 14.2 Å². The lowest BCUT2D eigenvalue weighted by Gasteiger charge is -2.12. The molecule has 4 aromatic carbocycles. The third kappa shape index (κ3) is 7.35. The van der Waals surface area contributed by atoms with Crippen LogP contribution in [0.2, 0.25) is 0 Å². The van der Waals surface area contributed by atoms with Crippen molar-refractivity contribution in [1.29, 1.82) is 0 Å². The first kappa shape index (κ1) is 27.6. The van der Waals surface area contributed by atoms with E-state index in [2.05, 4.69) is 13.5 Å². The van der Waals surface area contributed by atoms with Crippen molar-refractivity contribution in [2.45, 2.75) is 39.0 Å². The van der Waals surface area contributed by atoms with Gasteiger partial charge in [0.15, 0.2) is 0 Å². The van der Waals surface area contributed by atoms with Crippen LogP contribution in [-0.4, -0.2) is 25.2 Å². The van der Waals surface area contributed by atoms with Gasteiger partial charge in [-0.05, 0) is 77.2 Å². The third-order valence-corrected chi connectivity index (χ3v) is 6.57. The second-order valence-electron chi connectivity index (χ2n) is 9.46. The number of benzene rings is 4. The summed E-state index contributed by atoms with van der Waals surface area (Å²) in [6, 6.07) is 26.6. The molecule has 0 spiro atoms.